The van der Waals surface area contributed by atoms with E-state index in [0.29, 0.717) is 48.1 Å². The molecule has 1 N–H and O–H groups in total. The number of ether oxygens (including phenoxy) is 1. The van der Waals surface area contributed by atoms with Crippen LogP contribution in [0.25, 0.3) is 0 Å². The van der Waals surface area contributed by atoms with E-state index in [1.165, 1.54) is 4.31 Å². The first-order valence-electron chi connectivity index (χ1n) is 10.1. The lowest BCUT2D eigenvalue weighted by Crippen LogP contribution is -2.46. The van der Waals surface area contributed by atoms with Gasteiger partial charge in [-0.05, 0) is 49.6 Å². The smallest absolute Gasteiger partial charge is 0.224 e. The molecule has 2 aromatic rings. The Morgan fingerprint density at radius 3 is 2.61 bits per heavy atom. The Morgan fingerprint density at radius 1 is 1.19 bits per heavy atom. The normalized spacial score (nSPS) is 17.3. The number of hydrogen-bond donors (Lipinski definition) is 1. The Kier molecular flexibility index (Phi) is 8.22. The van der Waals surface area contributed by atoms with Crippen molar-refractivity contribution in [2.75, 3.05) is 26.2 Å². The van der Waals surface area contributed by atoms with Gasteiger partial charge >= 0.3 is 0 Å². The van der Waals surface area contributed by atoms with Crippen molar-refractivity contribution in [2.45, 2.75) is 25.5 Å². The molecule has 0 unspecified atom stereocenters. The van der Waals surface area contributed by atoms with Crippen LogP contribution in [0.2, 0.25) is 10.0 Å². The lowest BCUT2D eigenvalue weighted by Gasteiger charge is -2.31. The topological polar surface area (TPSA) is 75.7 Å². The van der Waals surface area contributed by atoms with E-state index in [2.05, 4.69) is 5.32 Å². The molecule has 2 aromatic carbocycles. The minimum atomic E-state index is -3.65. The van der Waals surface area contributed by atoms with Crippen LogP contribution in [-0.2, 0) is 20.6 Å². The van der Waals surface area contributed by atoms with Crippen LogP contribution in [0, 0.1) is 12.8 Å². The summed E-state index contributed by atoms with van der Waals surface area (Å²) in [4.78, 5) is 12.6. The number of nitrogens with zero attached hydrogens (tertiary/aromatic N) is 1. The van der Waals surface area contributed by atoms with Crippen LogP contribution in [0.5, 0.6) is 5.75 Å². The molecule has 6 nitrogen and oxygen atoms in total. The Hall–Kier alpha value is -1.80. The minimum Gasteiger partial charge on any atom is -0.492 e. The molecular formula is C22H26Cl2N2O4S. The molecule has 1 aliphatic rings. The van der Waals surface area contributed by atoms with Crippen LogP contribution < -0.4 is 10.1 Å². The average molecular weight is 485 g/mol. The number of nitrogens with one attached hydrogen (secondary N) is 1. The van der Waals surface area contributed by atoms with Crippen molar-refractivity contribution in [1.29, 1.82) is 0 Å². The number of benzene rings is 2. The van der Waals surface area contributed by atoms with Crippen LogP contribution in [-0.4, -0.2) is 44.9 Å². The van der Waals surface area contributed by atoms with Gasteiger partial charge < -0.3 is 10.1 Å². The van der Waals surface area contributed by atoms with Gasteiger partial charge in [0.25, 0.3) is 0 Å². The van der Waals surface area contributed by atoms with Gasteiger partial charge in [-0.2, -0.15) is 0 Å². The summed E-state index contributed by atoms with van der Waals surface area (Å²) in [5, 5.41) is 3.48. The lowest BCUT2D eigenvalue weighted by molar-refractivity contribution is -0.126. The van der Waals surface area contributed by atoms with Crippen LogP contribution in [0.15, 0.2) is 42.5 Å². The molecule has 1 fully saturated rings. The number of amides is 1. The van der Waals surface area contributed by atoms with Crippen LogP contribution in [0.4, 0.5) is 0 Å². The van der Waals surface area contributed by atoms with Gasteiger partial charge in [-0.1, -0.05) is 41.4 Å². The lowest BCUT2D eigenvalue weighted by atomic mass is 9.99. The third-order valence-electron chi connectivity index (χ3n) is 5.20. The SMILES string of the molecule is Cc1cccc(OCCNC(=O)[C@@H]2CCCN(S(=O)(=O)Cc3c(Cl)cccc3Cl)C2)c1. The zero-order chi connectivity index (χ0) is 22.4. The van der Waals surface area contributed by atoms with E-state index >= 15 is 0 Å². The maximum absolute atomic E-state index is 12.9. The summed E-state index contributed by atoms with van der Waals surface area (Å²) < 4.78 is 32.9. The van der Waals surface area contributed by atoms with Crippen LogP contribution >= 0.6 is 23.2 Å². The highest BCUT2D eigenvalue weighted by Crippen LogP contribution is 2.29. The summed E-state index contributed by atoms with van der Waals surface area (Å²) >= 11 is 12.3. The fourth-order valence-electron chi connectivity index (χ4n) is 3.55. The average Bonchev–Trinajstić information content (AvgIpc) is 2.74. The maximum atomic E-state index is 12.9. The molecule has 0 spiro atoms. The highest BCUT2D eigenvalue weighted by molar-refractivity contribution is 7.88. The number of piperidine rings is 1. The summed E-state index contributed by atoms with van der Waals surface area (Å²) in [6.45, 7) is 3.21. The number of sulfonamides is 1. The van der Waals surface area contributed by atoms with E-state index in [0.717, 1.165) is 11.3 Å². The van der Waals surface area contributed by atoms with E-state index in [9.17, 15) is 13.2 Å². The Morgan fingerprint density at radius 2 is 1.90 bits per heavy atom. The molecule has 1 aliphatic heterocycles. The predicted octanol–water partition coefficient (Wildman–Crippen LogP) is 4.04. The predicted molar refractivity (Wildman–Crippen MR) is 123 cm³/mol. The summed E-state index contributed by atoms with van der Waals surface area (Å²) in [5.41, 5.74) is 1.48. The molecule has 3 rings (SSSR count). The second-order valence-electron chi connectivity index (χ2n) is 7.61. The Bertz CT molecular complexity index is 1010. The fraction of sp³-hybridized carbons (Fsp3) is 0.409. The number of carbonyl (C=O) groups excluding carboxylic acids is 1. The van der Waals surface area contributed by atoms with Gasteiger partial charge in [-0.15, -0.1) is 0 Å². The van der Waals surface area contributed by atoms with Gasteiger partial charge in [0.05, 0.1) is 18.2 Å². The quantitative estimate of drug-likeness (QED) is 0.573. The van der Waals surface area contributed by atoms with E-state index < -0.39 is 15.9 Å². The molecule has 0 aliphatic carbocycles. The monoisotopic (exact) mass is 484 g/mol. The van der Waals surface area contributed by atoms with Crippen LogP contribution in [0.3, 0.4) is 0 Å². The fourth-order valence-corrected chi connectivity index (χ4v) is 5.91. The first-order chi connectivity index (χ1) is 14.8. The van der Waals surface area contributed by atoms with E-state index in [-0.39, 0.29) is 18.2 Å². The van der Waals surface area contributed by atoms with Crippen molar-refractivity contribution in [3.05, 3.63) is 63.6 Å². The van der Waals surface area contributed by atoms with E-state index in [4.69, 9.17) is 27.9 Å². The molecule has 1 heterocycles. The van der Waals surface area contributed by atoms with Crippen molar-refractivity contribution in [2.24, 2.45) is 5.92 Å². The molecular weight excluding hydrogens is 459 g/mol. The summed E-state index contributed by atoms with van der Waals surface area (Å²) in [7, 11) is -3.65. The molecule has 168 valence electrons. The highest BCUT2D eigenvalue weighted by Gasteiger charge is 2.33. The van der Waals surface area contributed by atoms with Crippen molar-refractivity contribution < 1.29 is 17.9 Å². The third kappa shape index (κ3) is 6.59. The number of aryl methyl sites for hydroxylation is 1. The highest BCUT2D eigenvalue weighted by atomic mass is 35.5. The second kappa shape index (κ2) is 10.7. The van der Waals surface area contributed by atoms with Gasteiger partial charge in [-0.3, -0.25) is 4.79 Å². The summed E-state index contributed by atoms with van der Waals surface area (Å²) in [6, 6.07) is 12.6. The van der Waals surface area contributed by atoms with Gasteiger partial charge in [0.2, 0.25) is 15.9 Å². The van der Waals surface area contributed by atoms with Crippen molar-refractivity contribution in [3.8, 4) is 5.75 Å². The number of hydrogen-bond acceptors (Lipinski definition) is 4. The van der Waals surface area contributed by atoms with Crippen molar-refractivity contribution in [1.82, 2.24) is 9.62 Å². The molecule has 0 aromatic heterocycles. The second-order valence-corrected chi connectivity index (χ2v) is 10.4. The molecule has 0 bridgehead atoms. The molecule has 9 heteroatoms. The molecule has 31 heavy (non-hydrogen) atoms. The van der Waals surface area contributed by atoms with Gasteiger partial charge in [0, 0.05) is 28.7 Å². The standard InChI is InChI=1S/C22H26Cl2N2O4S/c1-16-5-2-7-18(13-16)30-12-10-25-22(27)17-6-4-11-26(14-17)31(28,29)15-19-20(23)8-3-9-21(19)24/h2-3,5,7-9,13,17H,4,6,10-12,14-15H2,1H3,(H,25,27)/t17-/m1/s1. The minimum absolute atomic E-state index is 0.148. The van der Waals surface area contributed by atoms with Gasteiger partial charge in [-0.25, -0.2) is 12.7 Å². The molecule has 1 atom stereocenters. The zero-order valence-electron chi connectivity index (χ0n) is 17.3. The summed E-state index contributed by atoms with van der Waals surface area (Å²) in [5.74, 6) is -0.0976. The zero-order valence-corrected chi connectivity index (χ0v) is 19.6. The van der Waals surface area contributed by atoms with Crippen molar-refractivity contribution >= 4 is 39.1 Å². The van der Waals surface area contributed by atoms with E-state index in [1.807, 2.05) is 31.2 Å². The largest absolute Gasteiger partial charge is 0.492 e. The maximum Gasteiger partial charge on any atom is 0.224 e. The molecule has 1 amide bonds. The molecule has 0 saturated carbocycles. The number of rotatable bonds is 8. The first kappa shape index (κ1) is 23.9. The summed E-state index contributed by atoms with van der Waals surface area (Å²) in [6.07, 6.45) is 1.26. The van der Waals surface area contributed by atoms with Crippen LogP contribution in [0.1, 0.15) is 24.0 Å². The first-order valence-corrected chi connectivity index (χ1v) is 12.5. The number of carbonyl (C=O) groups is 1. The number of halogens is 2. The van der Waals surface area contributed by atoms with Gasteiger partial charge in [0.15, 0.2) is 0 Å². The Balaban J connectivity index is 1.52. The third-order valence-corrected chi connectivity index (χ3v) is 7.68. The Labute approximate surface area is 193 Å². The van der Waals surface area contributed by atoms with Gasteiger partial charge in [0.1, 0.15) is 12.4 Å². The van der Waals surface area contributed by atoms with E-state index in [1.54, 1.807) is 18.2 Å². The van der Waals surface area contributed by atoms with Crippen molar-refractivity contribution in [3.63, 3.8) is 0 Å². The molecule has 1 saturated heterocycles. The molecule has 0 radical (unpaired) electrons.